The number of nitrogens with zero attached hydrogens (tertiary/aromatic N) is 3. The van der Waals surface area contributed by atoms with E-state index in [4.69, 9.17) is 14.2 Å². The van der Waals surface area contributed by atoms with Gasteiger partial charge in [-0.15, -0.1) is 5.10 Å². The fraction of sp³-hybridized carbons (Fsp3) is 0.773. The highest BCUT2D eigenvalue weighted by Gasteiger charge is 2.53. The van der Waals surface area contributed by atoms with Crippen molar-refractivity contribution in [2.75, 3.05) is 6.61 Å². The highest BCUT2D eigenvalue weighted by atomic mass is 16.6. The third kappa shape index (κ3) is 4.65. The lowest BCUT2D eigenvalue weighted by atomic mass is 9.53. The van der Waals surface area contributed by atoms with Crippen LogP contribution >= 0.6 is 0 Å². The van der Waals surface area contributed by atoms with Gasteiger partial charge in [-0.3, -0.25) is 14.4 Å². The summed E-state index contributed by atoms with van der Waals surface area (Å²) in [4.78, 5) is 34.7. The lowest BCUT2D eigenvalue weighted by Gasteiger charge is -2.56. The van der Waals surface area contributed by atoms with Crippen LogP contribution in [0.3, 0.4) is 0 Å². The molecule has 0 spiro atoms. The Labute approximate surface area is 186 Å². The lowest BCUT2D eigenvalue weighted by Crippen LogP contribution is -2.52. The number of rotatable bonds is 8. The highest BCUT2D eigenvalue weighted by molar-refractivity contribution is 5.67. The molecule has 5 rings (SSSR count). The van der Waals surface area contributed by atoms with Gasteiger partial charge in [0.2, 0.25) is 0 Å². The van der Waals surface area contributed by atoms with Crippen LogP contribution in [0, 0.1) is 17.8 Å². The fourth-order valence-electron chi connectivity index (χ4n) is 6.29. The summed E-state index contributed by atoms with van der Waals surface area (Å²) in [5.41, 5.74) is 0.192. The summed E-state index contributed by atoms with van der Waals surface area (Å²) in [5, 5.41) is 19.2. The summed E-state index contributed by atoms with van der Waals surface area (Å²) in [6.45, 7) is 3.19. The number of hydrogen-bond donors (Lipinski definition) is 1. The first-order valence-electron chi connectivity index (χ1n) is 11.2. The second kappa shape index (κ2) is 8.80. The van der Waals surface area contributed by atoms with E-state index >= 15 is 0 Å². The van der Waals surface area contributed by atoms with E-state index in [0.717, 1.165) is 19.3 Å². The van der Waals surface area contributed by atoms with Gasteiger partial charge < -0.3 is 19.3 Å². The lowest BCUT2D eigenvalue weighted by molar-refractivity contribution is -0.181. The largest absolute Gasteiger partial charge is 0.463 e. The molecule has 3 atom stereocenters. The Morgan fingerprint density at radius 3 is 2.09 bits per heavy atom. The average molecular weight is 450 g/mol. The summed E-state index contributed by atoms with van der Waals surface area (Å²) in [7, 11) is 0. The molecule has 1 N–H and O–H groups in total. The summed E-state index contributed by atoms with van der Waals surface area (Å²) in [6, 6.07) is 0. The molecule has 0 unspecified atom stereocenters. The maximum atomic E-state index is 11.9. The van der Waals surface area contributed by atoms with E-state index in [1.165, 1.54) is 40.0 Å². The van der Waals surface area contributed by atoms with E-state index in [0.29, 0.717) is 17.8 Å². The Bertz CT molecular complexity index is 847. The zero-order valence-electron chi connectivity index (χ0n) is 18.7. The third-order valence-corrected chi connectivity index (χ3v) is 7.02. The maximum absolute atomic E-state index is 11.9. The predicted molar refractivity (Wildman–Crippen MR) is 109 cm³/mol. The smallest absolute Gasteiger partial charge is 0.303 e. The molecule has 4 aliphatic carbocycles. The van der Waals surface area contributed by atoms with Crippen molar-refractivity contribution in [1.29, 1.82) is 0 Å². The first kappa shape index (κ1) is 22.7. The van der Waals surface area contributed by atoms with E-state index in [1.807, 2.05) is 4.68 Å². The molecule has 10 heteroatoms. The van der Waals surface area contributed by atoms with Crippen LogP contribution in [0.4, 0.5) is 0 Å². The van der Waals surface area contributed by atoms with E-state index in [9.17, 15) is 19.5 Å². The summed E-state index contributed by atoms with van der Waals surface area (Å²) < 4.78 is 17.5. The van der Waals surface area contributed by atoms with Crippen molar-refractivity contribution in [1.82, 2.24) is 15.0 Å². The summed E-state index contributed by atoms with van der Waals surface area (Å²) in [5.74, 6) is 0.216. The molecule has 1 aromatic heterocycles. The molecule has 1 heterocycles. The molecule has 32 heavy (non-hydrogen) atoms. The Hall–Kier alpha value is -2.49. The zero-order chi connectivity index (χ0) is 23.0. The molecule has 1 aromatic rings. The molecule has 0 aliphatic heterocycles. The molecule has 0 amide bonds. The van der Waals surface area contributed by atoms with Gasteiger partial charge in [0, 0.05) is 20.8 Å². The van der Waals surface area contributed by atoms with Gasteiger partial charge in [-0.1, -0.05) is 5.21 Å². The molecule has 10 nitrogen and oxygen atoms in total. The second-order valence-corrected chi connectivity index (χ2v) is 9.70. The van der Waals surface area contributed by atoms with E-state index in [-0.39, 0.29) is 11.2 Å². The second-order valence-electron chi connectivity index (χ2n) is 9.70. The Kier molecular flexibility index (Phi) is 6.24. The Morgan fingerprint density at radius 1 is 1.03 bits per heavy atom. The fourth-order valence-corrected chi connectivity index (χ4v) is 6.29. The molecule has 4 bridgehead atoms. The minimum absolute atomic E-state index is 0.0892. The average Bonchev–Trinajstić information content (AvgIpc) is 3.18. The number of aromatic nitrogens is 3. The van der Waals surface area contributed by atoms with Crippen LogP contribution in [-0.2, 0) is 34.1 Å². The SMILES string of the molecule is CC(=O)OC[C@@H](O)[C@@H](OC(C)=O)[C@H](OC(C)=O)c1cn(C23CC4CC(CC(C4)C2)C3)nn1. The van der Waals surface area contributed by atoms with Gasteiger partial charge in [0.15, 0.2) is 12.2 Å². The third-order valence-electron chi connectivity index (χ3n) is 7.02. The van der Waals surface area contributed by atoms with Crippen molar-refractivity contribution in [2.24, 2.45) is 17.8 Å². The van der Waals surface area contributed by atoms with E-state index < -0.39 is 42.8 Å². The molecule has 0 aromatic carbocycles. The number of esters is 3. The molecular weight excluding hydrogens is 418 g/mol. The molecule has 176 valence electrons. The van der Waals surface area contributed by atoms with Crippen LogP contribution in [0.15, 0.2) is 6.20 Å². The van der Waals surface area contributed by atoms with Crippen molar-refractivity contribution in [3.8, 4) is 0 Å². The standard InChI is InChI=1S/C22H31N3O7/c1-12(26)30-11-19(29)21(32-14(3)28)20(31-13(2)27)18-10-25(24-23-18)22-7-15-4-16(8-22)6-17(5-15)9-22/h10,15-17,19-21,29H,4-9,11H2,1-3H3/t15?,16?,17?,19-,20-,21-,22?/m1/s1. The van der Waals surface area contributed by atoms with Gasteiger partial charge in [-0.25, -0.2) is 4.68 Å². The number of aliphatic hydroxyl groups excluding tert-OH is 1. The minimum Gasteiger partial charge on any atom is -0.463 e. The van der Waals surface area contributed by atoms with Gasteiger partial charge in [0.1, 0.15) is 18.4 Å². The normalized spacial score (nSPS) is 30.9. The molecule has 0 radical (unpaired) electrons. The molecule has 4 aliphatic rings. The number of carbonyl (C=O) groups is 3. The zero-order valence-corrected chi connectivity index (χ0v) is 18.7. The van der Waals surface area contributed by atoms with Gasteiger partial charge in [0.05, 0.1) is 11.7 Å². The van der Waals surface area contributed by atoms with Crippen LogP contribution in [0.1, 0.15) is 71.1 Å². The van der Waals surface area contributed by atoms with Gasteiger partial charge >= 0.3 is 17.9 Å². The van der Waals surface area contributed by atoms with Crippen molar-refractivity contribution < 1.29 is 33.7 Å². The number of hydrogen-bond acceptors (Lipinski definition) is 9. The van der Waals surface area contributed by atoms with Crippen LogP contribution in [-0.4, -0.2) is 56.8 Å². The number of carbonyl (C=O) groups excluding carboxylic acids is 3. The van der Waals surface area contributed by atoms with Gasteiger partial charge in [-0.2, -0.15) is 0 Å². The van der Waals surface area contributed by atoms with Crippen molar-refractivity contribution >= 4 is 17.9 Å². The van der Waals surface area contributed by atoms with Crippen molar-refractivity contribution in [3.63, 3.8) is 0 Å². The maximum Gasteiger partial charge on any atom is 0.303 e. The molecule has 4 saturated carbocycles. The predicted octanol–water partition coefficient (Wildman–Crippen LogP) is 1.66. The number of aliphatic hydroxyl groups is 1. The highest BCUT2D eigenvalue weighted by Crippen LogP contribution is 2.58. The van der Waals surface area contributed by atoms with E-state index in [2.05, 4.69) is 10.3 Å². The van der Waals surface area contributed by atoms with Crippen LogP contribution in [0.2, 0.25) is 0 Å². The number of ether oxygens (including phenoxy) is 3. The monoisotopic (exact) mass is 449 g/mol. The summed E-state index contributed by atoms with van der Waals surface area (Å²) in [6.07, 6.45) is 4.86. The van der Waals surface area contributed by atoms with Crippen molar-refractivity contribution in [2.45, 2.75) is 83.1 Å². The van der Waals surface area contributed by atoms with E-state index in [1.54, 1.807) is 6.20 Å². The topological polar surface area (TPSA) is 130 Å². The Balaban J connectivity index is 1.61. The quantitative estimate of drug-likeness (QED) is 0.465. The Morgan fingerprint density at radius 2 is 1.59 bits per heavy atom. The van der Waals surface area contributed by atoms with Gasteiger partial charge in [0.25, 0.3) is 0 Å². The van der Waals surface area contributed by atoms with Crippen LogP contribution < -0.4 is 0 Å². The molecule has 4 fully saturated rings. The van der Waals surface area contributed by atoms with Crippen LogP contribution in [0.25, 0.3) is 0 Å². The molecular formula is C22H31N3O7. The summed E-state index contributed by atoms with van der Waals surface area (Å²) >= 11 is 0. The minimum atomic E-state index is -1.42. The first-order valence-corrected chi connectivity index (χ1v) is 11.2. The van der Waals surface area contributed by atoms with Gasteiger partial charge in [-0.05, 0) is 56.3 Å². The van der Waals surface area contributed by atoms with Crippen LogP contribution in [0.5, 0.6) is 0 Å². The van der Waals surface area contributed by atoms with Crippen molar-refractivity contribution in [3.05, 3.63) is 11.9 Å². The molecule has 0 saturated heterocycles. The first-order chi connectivity index (χ1) is 15.1.